The van der Waals surface area contributed by atoms with Crippen molar-refractivity contribution in [2.45, 2.75) is 40.8 Å². The Hall–Kier alpha value is -4.48. The minimum absolute atomic E-state index is 0. The van der Waals surface area contributed by atoms with Gasteiger partial charge in [-0.15, -0.1) is 0 Å². The maximum absolute atomic E-state index is 12.6. The fourth-order valence-electron chi connectivity index (χ4n) is 4.07. The molecule has 4 aromatic heterocycles. The van der Waals surface area contributed by atoms with Crippen LogP contribution in [0.15, 0.2) is 60.8 Å². The number of hydrogen-bond donors (Lipinski definition) is 0. The Morgan fingerprint density at radius 3 is 1.82 bits per heavy atom. The maximum atomic E-state index is 12.6. The summed E-state index contributed by atoms with van der Waals surface area (Å²) in [5.74, 6) is 0.464. The molecule has 0 aliphatic carbocycles. The van der Waals surface area contributed by atoms with Gasteiger partial charge in [-0.3, -0.25) is 15.3 Å². The first-order chi connectivity index (χ1) is 20.9. The smallest absolute Gasteiger partial charge is 0.345 e. The summed E-state index contributed by atoms with van der Waals surface area (Å²) in [5, 5.41) is 14.0. The van der Waals surface area contributed by atoms with E-state index in [0.717, 1.165) is 29.2 Å². The first-order valence-electron chi connectivity index (χ1n) is 13.5. The van der Waals surface area contributed by atoms with E-state index in [1.807, 2.05) is 48.2 Å². The van der Waals surface area contributed by atoms with E-state index in [1.54, 1.807) is 28.4 Å². The summed E-state index contributed by atoms with van der Waals surface area (Å²) in [6.45, 7) is 10.00. The fourth-order valence-corrected chi connectivity index (χ4v) is 4.07. The number of hydrogen-bond acceptors (Lipinski definition) is 4. The van der Waals surface area contributed by atoms with Crippen LogP contribution < -0.4 is 14.2 Å². The van der Waals surface area contributed by atoms with Crippen molar-refractivity contribution in [3.63, 3.8) is 0 Å². The van der Waals surface area contributed by atoms with Gasteiger partial charge >= 0.3 is 6.18 Å². The van der Waals surface area contributed by atoms with E-state index < -0.39 is 11.7 Å². The zero-order valence-corrected chi connectivity index (χ0v) is 28.2. The molecule has 0 saturated heterocycles. The van der Waals surface area contributed by atoms with Gasteiger partial charge in [0.1, 0.15) is 0 Å². The van der Waals surface area contributed by atoms with Crippen molar-refractivity contribution >= 4 is 0 Å². The van der Waals surface area contributed by atoms with E-state index in [2.05, 4.69) is 83.3 Å². The van der Waals surface area contributed by atoms with Crippen LogP contribution in [-0.4, -0.2) is 29.6 Å². The Morgan fingerprint density at radius 1 is 0.800 bits per heavy atom. The third-order valence-corrected chi connectivity index (χ3v) is 6.97. The van der Waals surface area contributed by atoms with Crippen LogP contribution >= 0.6 is 0 Å². The van der Waals surface area contributed by atoms with E-state index in [4.69, 9.17) is 0 Å². The van der Waals surface area contributed by atoms with Crippen molar-refractivity contribution in [3.8, 4) is 22.9 Å². The van der Waals surface area contributed by atoms with Crippen molar-refractivity contribution in [3.05, 3.63) is 119 Å². The minimum Gasteiger partial charge on any atom is -0.345 e. The molecule has 0 fully saturated rings. The standard InChI is InChI=1S/C13H12F3N2.C13H15N2.C6H4N5.Ir/c1-9-10(2)18(8-17(9)3)12-6-4-5-11(7-12)13(14,15)16;1-10-6-5-7-13(8-10)15-9-14(4)11(2)12(15)3;1-2-4-7-5(3-1)6-8-10-11-9-6;/h4-5,7H,1-3H3;5-6,8H,1-4H3;1-4H;/q3*-1;. The van der Waals surface area contributed by atoms with Gasteiger partial charge in [-0.25, -0.2) is 0 Å². The minimum atomic E-state index is -4.35. The van der Waals surface area contributed by atoms with Crippen LogP contribution in [0.4, 0.5) is 13.2 Å². The van der Waals surface area contributed by atoms with Gasteiger partial charge in [0, 0.05) is 49.1 Å². The van der Waals surface area contributed by atoms with Gasteiger partial charge in [0.05, 0.1) is 25.6 Å². The predicted molar refractivity (Wildman–Crippen MR) is 154 cm³/mol. The van der Waals surface area contributed by atoms with Crippen molar-refractivity contribution in [2.75, 3.05) is 0 Å². The molecule has 0 N–H and O–H groups in total. The van der Waals surface area contributed by atoms with Crippen LogP contribution in [0, 0.1) is 59.4 Å². The quantitative estimate of drug-likeness (QED) is 0.198. The number of pyridine rings is 1. The molecule has 0 unspecified atom stereocenters. The number of aromatic nitrogens is 9. The van der Waals surface area contributed by atoms with Crippen molar-refractivity contribution in [1.82, 2.24) is 34.7 Å². The summed E-state index contributed by atoms with van der Waals surface area (Å²) in [4.78, 5) is 4.02. The molecule has 45 heavy (non-hydrogen) atoms. The zero-order valence-electron chi connectivity index (χ0n) is 25.8. The third-order valence-electron chi connectivity index (χ3n) is 6.97. The number of benzene rings is 2. The molecule has 6 rings (SSSR count). The molecule has 1 radical (unpaired) electrons. The topological polar surface area (TPSA) is 83.3 Å². The molecular weight excluding hydrogens is 760 g/mol. The van der Waals surface area contributed by atoms with E-state index in [0.29, 0.717) is 17.2 Å². The van der Waals surface area contributed by atoms with E-state index in [9.17, 15) is 13.2 Å². The molecule has 4 heterocycles. The molecule has 6 aromatic rings. The van der Waals surface area contributed by atoms with Crippen LogP contribution in [0.25, 0.3) is 22.9 Å². The second-order valence-electron chi connectivity index (χ2n) is 9.96. The molecule has 0 spiro atoms. The monoisotopic (exact) mass is 791 g/mol. The average molecular weight is 791 g/mol. The van der Waals surface area contributed by atoms with Gasteiger partial charge < -0.3 is 23.4 Å². The van der Waals surface area contributed by atoms with E-state index >= 15 is 0 Å². The first kappa shape index (κ1) is 35.0. The van der Waals surface area contributed by atoms with Crippen LogP contribution in [0.2, 0.25) is 0 Å². The first-order valence-corrected chi connectivity index (χ1v) is 13.5. The van der Waals surface area contributed by atoms with E-state index in [1.165, 1.54) is 23.0 Å². The second kappa shape index (κ2) is 15.0. The predicted octanol–water partition coefficient (Wildman–Crippen LogP) is 4.25. The van der Waals surface area contributed by atoms with Crippen LogP contribution in [-0.2, 0) is 40.4 Å². The molecule has 0 bridgehead atoms. The van der Waals surface area contributed by atoms with Gasteiger partial charge in [-0.1, -0.05) is 29.9 Å². The summed E-state index contributed by atoms with van der Waals surface area (Å²) >= 11 is 0. The third kappa shape index (κ3) is 8.58. The Kier molecular flexibility index (Phi) is 11.7. The Morgan fingerprint density at radius 2 is 1.38 bits per heavy atom. The number of nitrogens with zero attached hydrogens (tertiary/aromatic N) is 9. The number of halogens is 3. The number of rotatable bonds is 3. The maximum Gasteiger partial charge on any atom is 0.394 e. The molecule has 0 saturated carbocycles. The fraction of sp³-hybridized carbons (Fsp3) is 0.250. The van der Waals surface area contributed by atoms with Gasteiger partial charge in [-0.05, 0) is 39.8 Å². The molecule has 0 aliphatic rings. The second-order valence-corrected chi connectivity index (χ2v) is 9.96. The number of tetrazole rings is 1. The van der Waals surface area contributed by atoms with Gasteiger partial charge in [0.25, 0.3) is 0 Å². The molecule has 0 amide bonds. The average Bonchev–Trinajstić information content (AvgIpc) is 3.71. The van der Waals surface area contributed by atoms with Crippen molar-refractivity contribution in [2.24, 2.45) is 14.1 Å². The zero-order chi connectivity index (χ0) is 32.0. The van der Waals surface area contributed by atoms with E-state index in [-0.39, 0.29) is 20.1 Å². The van der Waals surface area contributed by atoms with Gasteiger partial charge in [-0.2, -0.15) is 72.5 Å². The molecule has 2 aromatic carbocycles. The largest absolute Gasteiger partial charge is 0.394 e. The van der Waals surface area contributed by atoms with Gasteiger partial charge in [0.2, 0.25) is 12.7 Å². The normalized spacial score (nSPS) is 10.7. The Balaban J connectivity index is 0.000000187. The number of aryl methyl sites for hydroxylation is 3. The molecule has 13 heteroatoms. The Labute approximate surface area is 273 Å². The summed E-state index contributed by atoms with van der Waals surface area (Å²) in [6, 6.07) is 21.0. The van der Waals surface area contributed by atoms with Crippen LogP contribution in [0.5, 0.6) is 0 Å². The molecule has 237 valence electrons. The van der Waals surface area contributed by atoms with Crippen molar-refractivity contribution < 1.29 is 42.4 Å². The molecule has 0 aliphatic heterocycles. The molecular formula is C32H31F3IrN9-3. The summed E-state index contributed by atoms with van der Waals surface area (Å²) in [7, 11) is 3.81. The van der Waals surface area contributed by atoms with Crippen molar-refractivity contribution in [1.29, 1.82) is 0 Å². The summed E-state index contributed by atoms with van der Waals surface area (Å²) in [6.07, 6.45) is 3.53. The van der Waals surface area contributed by atoms with Crippen LogP contribution in [0.3, 0.4) is 0 Å². The SMILES string of the molecule is Cc1c(C)[n+](C)[c-]n1-c1[c-]ccc(C(F)(F)F)c1.Cc1cc[c-]c(-n2[c-][n+](C)c(C)c2C)c1.[Ir].c1ccc(-c2nnn[n-]2)nc1. The van der Waals surface area contributed by atoms with Crippen LogP contribution in [0.1, 0.15) is 33.9 Å². The molecule has 9 nitrogen and oxygen atoms in total. The van der Waals surface area contributed by atoms with Gasteiger partial charge in [0.15, 0.2) is 0 Å². The summed E-state index contributed by atoms with van der Waals surface area (Å²) in [5.41, 5.74) is 6.86. The summed E-state index contributed by atoms with van der Waals surface area (Å²) < 4.78 is 45.3. The Bertz CT molecular complexity index is 1830. The number of imidazole rings is 2. The molecule has 0 atom stereocenters. The number of alkyl halides is 3.